The fraction of sp³-hybridized carbons (Fsp3) is 0.0517. The molecule has 1 aliphatic rings. The first-order valence-electron chi connectivity index (χ1n) is 21.7. The van der Waals surface area contributed by atoms with Crippen molar-refractivity contribution in [2.75, 3.05) is 4.90 Å². The lowest BCUT2D eigenvalue weighted by Crippen LogP contribution is -2.16. The van der Waals surface area contributed by atoms with Crippen molar-refractivity contribution in [3.8, 4) is 33.6 Å². The molecule has 1 aliphatic carbocycles. The minimum absolute atomic E-state index is 0.137. The lowest BCUT2D eigenvalue weighted by atomic mass is 9.82. The van der Waals surface area contributed by atoms with E-state index in [-0.39, 0.29) is 5.41 Å². The standard InChI is InChI=1S/C58H41N5/c1-58(2)49-21-11-9-19-45(49)46-32-29-43(36-50(46)58)60(41-27-25-39(26-28-41)38-15-5-3-6-16-38)44-31-34-55-56(37-44)63-54-24-14-12-22-51(54)59-57(63)62(55)42-30-33-53-48(35-42)47-20-10-13-23-52(47)61(53)40-17-7-4-8-18-40/h3-37H,1-2H3. The van der Waals surface area contributed by atoms with Crippen molar-refractivity contribution in [3.05, 3.63) is 223 Å². The Balaban J connectivity index is 1.03. The summed E-state index contributed by atoms with van der Waals surface area (Å²) in [6, 6.07) is 77.1. The molecule has 13 rings (SSSR count). The minimum Gasteiger partial charge on any atom is -0.310 e. The first-order valence-corrected chi connectivity index (χ1v) is 21.7. The first-order chi connectivity index (χ1) is 31.0. The summed E-state index contributed by atoms with van der Waals surface area (Å²) in [5.41, 5.74) is 19.6. The summed E-state index contributed by atoms with van der Waals surface area (Å²) in [4.78, 5) is 7.75. The van der Waals surface area contributed by atoms with Crippen LogP contribution >= 0.6 is 0 Å². The first kappa shape index (κ1) is 35.6. The average Bonchev–Trinajstić information content (AvgIpc) is 4.04. The van der Waals surface area contributed by atoms with E-state index < -0.39 is 0 Å². The molecule has 9 aromatic carbocycles. The van der Waals surface area contributed by atoms with Gasteiger partial charge in [-0.2, -0.15) is 0 Å². The van der Waals surface area contributed by atoms with Crippen LogP contribution in [0.15, 0.2) is 212 Å². The zero-order chi connectivity index (χ0) is 41.8. The predicted octanol–water partition coefficient (Wildman–Crippen LogP) is 15.0. The molecule has 0 aliphatic heterocycles. The molecule has 0 bridgehead atoms. The smallest absolute Gasteiger partial charge is 0.220 e. The predicted molar refractivity (Wildman–Crippen MR) is 262 cm³/mol. The summed E-state index contributed by atoms with van der Waals surface area (Å²) >= 11 is 0. The summed E-state index contributed by atoms with van der Waals surface area (Å²) in [7, 11) is 0. The number of imidazole rings is 2. The van der Waals surface area contributed by atoms with Crippen LogP contribution in [-0.4, -0.2) is 18.5 Å². The number of fused-ring (bicyclic) bond motifs is 11. The van der Waals surface area contributed by atoms with Gasteiger partial charge < -0.3 is 9.47 Å². The number of para-hydroxylation sites is 4. The molecule has 3 heterocycles. The summed E-state index contributed by atoms with van der Waals surface area (Å²) in [5, 5.41) is 2.42. The van der Waals surface area contributed by atoms with Crippen LogP contribution in [0.25, 0.3) is 83.3 Å². The second kappa shape index (κ2) is 13.4. The molecule has 0 saturated carbocycles. The Morgan fingerprint density at radius 1 is 0.397 bits per heavy atom. The third-order valence-electron chi connectivity index (χ3n) is 13.4. The maximum atomic E-state index is 5.34. The molecule has 0 atom stereocenters. The Kier molecular flexibility index (Phi) is 7.58. The van der Waals surface area contributed by atoms with Crippen molar-refractivity contribution in [2.24, 2.45) is 0 Å². The zero-order valence-corrected chi connectivity index (χ0v) is 34.9. The van der Waals surface area contributed by atoms with E-state index in [1.54, 1.807) is 0 Å². The summed E-state index contributed by atoms with van der Waals surface area (Å²) in [5.74, 6) is 0.880. The molecular formula is C58H41N5. The van der Waals surface area contributed by atoms with E-state index in [0.29, 0.717) is 0 Å². The molecule has 12 aromatic rings. The van der Waals surface area contributed by atoms with Gasteiger partial charge in [0.25, 0.3) is 0 Å². The highest BCUT2D eigenvalue weighted by molar-refractivity contribution is 6.10. The molecule has 5 heteroatoms. The van der Waals surface area contributed by atoms with Crippen LogP contribution in [0.2, 0.25) is 0 Å². The number of benzene rings is 9. The highest BCUT2D eigenvalue weighted by atomic mass is 15.2. The quantitative estimate of drug-likeness (QED) is 0.168. The van der Waals surface area contributed by atoms with Crippen molar-refractivity contribution in [3.63, 3.8) is 0 Å². The van der Waals surface area contributed by atoms with Crippen LogP contribution in [0.3, 0.4) is 0 Å². The molecule has 0 fully saturated rings. The molecular weight excluding hydrogens is 767 g/mol. The van der Waals surface area contributed by atoms with E-state index in [0.717, 1.165) is 56.3 Å². The van der Waals surface area contributed by atoms with Crippen molar-refractivity contribution >= 4 is 66.7 Å². The van der Waals surface area contributed by atoms with Gasteiger partial charge in [-0.1, -0.05) is 135 Å². The van der Waals surface area contributed by atoms with Crippen molar-refractivity contribution in [1.29, 1.82) is 0 Å². The third kappa shape index (κ3) is 5.26. The molecule has 0 spiro atoms. The molecule has 5 nitrogen and oxygen atoms in total. The third-order valence-corrected chi connectivity index (χ3v) is 13.4. The lowest BCUT2D eigenvalue weighted by Gasteiger charge is -2.28. The number of nitrogens with zero attached hydrogens (tertiary/aromatic N) is 5. The topological polar surface area (TPSA) is 30.4 Å². The fourth-order valence-electron chi connectivity index (χ4n) is 10.4. The van der Waals surface area contributed by atoms with Crippen LogP contribution < -0.4 is 4.90 Å². The maximum Gasteiger partial charge on any atom is 0.220 e. The Morgan fingerprint density at radius 2 is 1.02 bits per heavy atom. The second-order valence-electron chi connectivity index (χ2n) is 17.3. The van der Waals surface area contributed by atoms with Gasteiger partial charge in [0.15, 0.2) is 0 Å². The Labute approximate surface area is 365 Å². The summed E-state index contributed by atoms with van der Waals surface area (Å²) in [6.45, 7) is 4.71. The van der Waals surface area contributed by atoms with Gasteiger partial charge in [-0.05, 0) is 124 Å². The van der Waals surface area contributed by atoms with Gasteiger partial charge in [0.05, 0.1) is 33.1 Å². The van der Waals surface area contributed by atoms with Gasteiger partial charge in [0.2, 0.25) is 5.78 Å². The SMILES string of the molecule is CC1(C)c2ccccc2-c2ccc(N(c3ccc(-c4ccccc4)cc3)c3ccc4c(c3)n3c5ccccc5nc3n4-c3ccc4c(c3)c3ccccc3n4-c3ccccc3)cc21. The normalized spacial score (nSPS) is 13.0. The van der Waals surface area contributed by atoms with Crippen molar-refractivity contribution in [2.45, 2.75) is 19.3 Å². The lowest BCUT2D eigenvalue weighted by molar-refractivity contribution is 0.660. The van der Waals surface area contributed by atoms with E-state index in [1.165, 1.54) is 55.2 Å². The number of hydrogen-bond donors (Lipinski definition) is 0. The van der Waals surface area contributed by atoms with Crippen LogP contribution in [0.4, 0.5) is 17.1 Å². The Hall–Kier alpha value is -8.15. The van der Waals surface area contributed by atoms with Gasteiger partial charge in [-0.15, -0.1) is 0 Å². The largest absolute Gasteiger partial charge is 0.310 e. The van der Waals surface area contributed by atoms with E-state index in [2.05, 4.69) is 245 Å². The molecule has 0 amide bonds. The highest BCUT2D eigenvalue weighted by Crippen LogP contribution is 2.51. The van der Waals surface area contributed by atoms with Gasteiger partial charge in [0, 0.05) is 44.6 Å². The Bertz CT molecular complexity index is 3760. The molecule has 0 radical (unpaired) electrons. The number of hydrogen-bond acceptors (Lipinski definition) is 2. The van der Waals surface area contributed by atoms with Crippen LogP contribution in [0.1, 0.15) is 25.0 Å². The molecule has 0 N–H and O–H groups in total. The second-order valence-corrected chi connectivity index (χ2v) is 17.3. The van der Waals surface area contributed by atoms with Gasteiger partial charge in [-0.25, -0.2) is 4.98 Å². The van der Waals surface area contributed by atoms with E-state index in [4.69, 9.17) is 4.98 Å². The highest BCUT2D eigenvalue weighted by Gasteiger charge is 2.36. The molecule has 63 heavy (non-hydrogen) atoms. The van der Waals surface area contributed by atoms with Crippen molar-refractivity contribution < 1.29 is 0 Å². The molecule has 0 saturated heterocycles. The number of anilines is 3. The van der Waals surface area contributed by atoms with Gasteiger partial charge in [0.1, 0.15) is 0 Å². The molecule has 0 unspecified atom stereocenters. The van der Waals surface area contributed by atoms with Crippen LogP contribution in [0, 0.1) is 0 Å². The van der Waals surface area contributed by atoms with Gasteiger partial charge in [-0.3, -0.25) is 8.97 Å². The summed E-state index contributed by atoms with van der Waals surface area (Å²) in [6.07, 6.45) is 0. The maximum absolute atomic E-state index is 5.34. The van der Waals surface area contributed by atoms with Crippen molar-refractivity contribution in [1.82, 2.24) is 18.5 Å². The van der Waals surface area contributed by atoms with Gasteiger partial charge >= 0.3 is 0 Å². The fourth-order valence-corrected chi connectivity index (χ4v) is 10.4. The number of rotatable bonds is 6. The van der Waals surface area contributed by atoms with E-state index >= 15 is 0 Å². The van der Waals surface area contributed by atoms with E-state index in [1.807, 2.05) is 0 Å². The average molecular weight is 808 g/mol. The van der Waals surface area contributed by atoms with Crippen LogP contribution in [-0.2, 0) is 5.41 Å². The monoisotopic (exact) mass is 807 g/mol. The number of aromatic nitrogens is 4. The molecule has 298 valence electrons. The van der Waals surface area contributed by atoms with E-state index in [9.17, 15) is 0 Å². The zero-order valence-electron chi connectivity index (χ0n) is 34.9. The van der Waals surface area contributed by atoms with Crippen LogP contribution in [0.5, 0.6) is 0 Å². The molecule has 3 aromatic heterocycles. The minimum atomic E-state index is -0.137. The summed E-state index contributed by atoms with van der Waals surface area (Å²) < 4.78 is 7.04. The Morgan fingerprint density at radius 3 is 1.86 bits per heavy atom.